The van der Waals surface area contributed by atoms with Gasteiger partial charge in [0.1, 0.15) is 0 Å². The lowest BCUT2D eigenvalue weighted by Crippen LogP contribution is -2.06. The van der Waals surface area contributed by atoms with Crippen molar-refractivity contribution in [1.82, 2.24) is 0 Å². The molecule has 0 radical (unpaired) electrons. The Kier molecular flexibility index (Phi) is 16.1. The summed E-state index contributed by atoms with van der Waals surface area (Å²) in [5.41, 5.74) is 0. The molecule has 0 amide bonds. The van der Waals surface area contributed by atoms with Crippen LogP contribution in [0.15, 0.2) is 0 Å². The zero-order valence-electron chi connectivity index (χ0n) is 14.0. The van der Waals surface area contributed by atoms with E-state index in [4.69, 9.17) is 0 Å². The Morgan fingerprint density at radius 3 is 1.65 bits per heavy atom. The third kappa shape index (κ3) is 15.5. The van der Waals surface area contributed by atoms with Gasteiger partial charge in [-0.05, 0) is 12.8 Å². The Morgan fingerprint density at radius 1 is 0.650 bits per heavy atom. The molecule has 0 atom stereocenters. The average Bonchev–Trinajstić information content (AvgIpc) is 2.45. The first-order valence-corrected chi connectivity index (χ1v) is 9.08. The molecule has 2 heteroatoms. The van der Waals surface area contributed by atoms with Crippen LogP contribution >= 0.6 is 0 Å². The number of hydrogen-bond acceptors (Lipinski definition) is 1. The van der Waals surface area contributed by atoms with E-state index in [1.54, 1.807) is 0 Å². The second-order valence-corrected chi connectivity index (χ2v) is 6.00. The van der Waals surface area contributed by atoms with E-state index < -0.39 is 0 Å². The highest BCUT2D eigenvalue weighted by atomic mass is 16.5. The molecule has 0 N–H and O–H groups in total. The first-order valence-electron chi connectivity index (χ1n) is 9.08. The summed E-state index contributed by atoms with van der Waals surface area (Å²) in [5.74, 6) is 0. The summed E-state index contributed by atoms with van der Waals surface area (Å²) in [5, 5.41) is 11.6. The van der Waals surface area contributed by atoms with Crippen molar-refractivity contribution in [1.29, 1.82) is 0 Å². The third-order valence-electron chi connectivity index (χ3n) is 3.87. The molecule has 120 valence electrons. The van der Waals surface area contributed by atoms with Gasteiger partial charge in [-0.15, -0.1) is 0 Å². The fourth-order valence-electron chi connectivity index (χ4n) is 2.48. The van der Waals surface area contributed by atoms with Crippen molar-refractivity contribution in [3.05, 3.63) is 5.21 Å². The molecule has 2 nitrogen and oxygen atoms in total. The van der Waals surface area contributed by atoms with E-state index in [-0.39, 0.29) is 0 Å². The molecule has 0 bridgehead atoms. The summed E-state index contributed by atoms with van der Waals surface area (Å²) in [7, 11) is 0. The van der Waals surface area contributed by atoms with E-state index in [1.165, 1.54) is 77.0 Å². The monoisotopic (exact) mass is 283 g/mol. The largest absolute Gasteiger partial charge is 0.624 e. The maximum Gasteiger partial charge on any atom is 0.153 e. The lowest BCUT2D eigenvalue weighted by Gasteiger charge is -2.04. The predicted molar refractivity (Wildman–Crippen MR) is 90.5 cm³/mol. The summed E-state index contributed by atoms with van der Waals surface area (Å²) in [6, 6.07) is 0. The van der Waals surface area contributed by atoms with Crippen molar-refractivity contribution in [2.24, 2.45) is 0 Å². The minimum Gasteiger partial charge on any atom is -0.624 e. The van der Waals surface area contributed by atoms with Gasteiger partial charge in [0.25, 0.3) is 0 Å². The normalized spacial score (nSPS) is 12.0. The number of rotatable bonds is 15. The summed E-state index contributed by atoms with van der Waals surface area (Å²) in [6.45, 7) is 5.19. The van der Waals surface area contributed by atoms with Gasteiger partial charge < -0.3 is 5.21 Å². The smallest absolute Gasteiger partial charge is 0.153 e. The zero-order valence-corrected chi connectivity index (χ0v) is 14.0. The van der Waals surface area contributed by atoms with Gasteiger partial charge in [-0.3, -0.25) is 0 Å². The van der Waals surface area contributed by atoms with Crippen LogP contribution in [0.1, 0.15) is 104 Å². The molecule has 0 saturated carbocycles. The van der Waals surface area contributed by atoms with Crippen LogP contribution in [-0.4, -0.2) is 17.5 Å². The van der Waals surface area contributed by atoms with Crippen LogP contribution in [-0.2, 0) is 0 Å². The molecular formula is C18H37NO. The van der Waals surface area contributed by atoms with E-state index in [9.17, 15) is 5.21 Å². The number of nitrogens with zero attached hydrogens (tertiary/aromatic N) is 1. The SMILES string of the molecule is CCCCCCCC/C=[N+](\[O-])CCCCCCCCC. The van der Waals surface area contributed by atoms with Crippen LogP contribution in [0.25, 0.3) is 0 Å². The second-order valence-electron chi connectivity index (χ2n) is 6.00. The lowest BCUT2D eigenvalue weighted by atomic mass is 10.1. The topological polar surface area (TPSA) is 26.1 Å². The standard InChI is InChI=1S/C18H37NO/c1-3-5-7-9-11-13-15-17-19(20)18-16-14-12-10-8-6-4-2/h17H,3-16,18H2,1-2H3/b19-17-. The molecule has 20 heavy (non-hydrogen) atoms. The first kappa shape index (κ1) is 19.5. The molecule has 0 aromatic heterocycles. The van der Waals surface area contributed by atoms with Gasteiger partial charge in [-0.2, -0.15) is 0 Å². The van der Waals surface area contributed by atoms with Gasteiger partial charge in [0, 0.05) is 12.8 Å². The summed E-state index contributed by atoms with van der Waals surface area (Å²) >= 11 is 0. The lowest BCUT2D eigenvalue weighted by molar-refractivity contribution is -0.454. The highest BCUT2D eigenvalue weighted by molar-refractivity contribution is 5.50. The predicted octanol–water partition coefficient (Wildman–Crippen LogP) is 6.07. The summed E-state index contributed by atoms with van der Waals surface area (Å²) in [6.07, 6.45) is 19.6. The van der Waals surface area contributed by atoms with Gasteiger partial charge >= 0.3 is 0 Å². The number of hydroxylamine groups is 1. The Hall–Kier alpha value is -0.530. The van der Waals surface area contributed by atoms with Crippen molar-refractivity contribution in [2.75, 3.05) is 6.54 Å². The van der Waals surface area contributed by atoms with Crippen molar-refractivity contribution in [2.45, 2.75) is 104 Å². The van der Waals surface area contributed by atoms with Crippen molar-refractivity contribution < 1.29 is 4.74 Å². The highest BCUT2D eigenvalue weighted by Gasteiger charge is 1.96. The first-order chi connectivity index (χ1) is 9.81. The molecule has 0 spiro atoms. The van der Waals surface area contributed by atoms with Crippen molar-refractivity contribution >= 4 is 6.21 Å². The van der Waals surface area contributed by atoms with Gasteiger partial charge in [0.05, 0.1) is 0 Å². The maximum atomic E-state index is 11.6. The number of unbranched alkanes of at least 4 members (excludes halogenated alkanes) is 12. The summed E-state index contributed by atoms with van der Waals surface area (Å²) < 4.78 is 1.16. The molecule has 0 aromatic carbocycles. The molecule has 0 saturated heterocycles. The van der Waals surface area contributed by atoms with E-state index in [1.807, 2.05) is 6.21 Å². The Bertz CT molecular complexity index is 213. The van der Waals surface area contributed by atoms with Crippen LogP contribution in [0.4, 0.5) is 0 Å². The van der Waals surface area contributed by atoms with E-state index in [2.05, 4.69) is 13.8 Å². The molecule has 0 aromatic rings. The van der Waals surface area contributed by atoms with Crippen LogP contribution in [0.2, 0.25) is 0 Å². The van der Waals surface area contributed by atoms with Gasteiger partial charge in [-0.1, -0.05) is 78.1 Å². The average molecular weight is 283 g/mol. The van der Waals surface area contributed by atoms with Crippen LogP contribution in [0.5, 0.6) is 0 Å². The molecule has 0 aliphatic rings. The third-order valence-corrected chi connectivity index (χ3v) is 3.87. The van der Waals surface area contributed by atoms with Gasteiger partial charge in [0.15, 0.2) is 12.8 Å². The number of hydrogen-bond donors (Lipinski definition) is 0. The van der Waals surface area contributed by atoms with Crippen molar-refractivity contribution in [3.8, 4) is 0 Å². The van der Waals surface area contributed by atoms with E-state index in [0.29, 0.717) is 6.54 Å². The molecule has 0 heterocycles. The molecule has 0 fully saturated rings. The van der Waals surface area contributed by atoms with E-state index in [0.717, 1.165) is 17.6 Å². The Morgan fingerprint density at radius 2 is 1.10 bits per heavy atom. The molecule has 0 rings (SSSR count). The van der Waals surface area contributed by atoms with E-state index >= 15 is 0 Å². The second kappa shape index (κ2) is 16.5. The van der Waals surface area contributed by atoms with Crippen LogP contribution in [0, 0.1) is 5.21 Å². The fourth-order valence-corrected chi connectivity index (χ4v) is 2.48. The quantitative estimate of drug-likeness (QED) is 0.118. The molecule has 0 unspecified atom stereocenters. The molecule has 0 aliphatic heterocycles. The minimum absolute atomic E-state index is 0.698. The Balaban J connectivity index is 3.25. The summed E-state index contributed by atoms with van der Waals surface area (Å²) in [4.78, 5) is 0. The highest BCUT2D eigenvalue weighted by Crippen LogP contribution is 2.07. The Labute approximate surface area is 127 Å². The van der Waals surface area contributed by atoms with Gasteiger partial charge in [-0.25, -0.2) is 4.74 Å². The fraction of sp³-hybridized carbons (Fsp3) is 0.944. The van der Waals surface area contributed by atoms with Gasteiger partial charge in [0.2, 0.25) is 0 Å². The molecule has 0 aliphatic carbocycles. The molecular weight excluding hydrogens is 246 g/mol. The maximum absolute atomic E-state index is 11.6. The van der Waals surface area contributed by atoms with Crippen LogP contribution in [0.3, 0.4) is 0 Å². The minimum atomic E-state index is 0.698. The zero-order chi connectivity index (χ0) is 14.9. The van der Waals surface area contributed by atoms with Crippen molar-refractivity contribution in [3.63, 3.8) is 0 Å². The van der Waals surface area contributed by atoms with Crippen LogP contribution < -0.4 is 0 Å².